The summed E-state index contributed by atoms with van der Waals surface area (Å²) >= 11 is 2.05. The number of halogens is 1. The highest BCUT2D eigenvalue weighted by molar-refractivity contribution is 7.99. The van der Waals surface area contributed by atoms with Crippen molar-refractivity contribution in [2.45, 2.75) is 45.6 Å². The van der Waals surface area contributed by atoms with Crippen molar-refractivity contribution in [2.24, 2.45) is 5.92 Å². The van der Waals surface area contributed by atoms with E-state index in [1.54, 1.807) is 6.07 Å². The molecule has 0 spiro atoms. The van der Waals surface area contributed by atoms with Gasteiger partial charge in [-0.05, 0) is 62.6 Å². The Labute approximate surface area is 126 Å². The average molecular weight is 295 g/mol. The normalized spacial score (nSPS) is 18.1. The number of hydrogen-bond acceptors (Lipinski definition) is 2. The fourth-order valence-electron chi connectivity index (χ4n) is 2.88. The zero-order valence-electron chi connectivity index (χ0n) is 12.6. The minimum atomic E-state index is -0.0608. The van der Waals surface area contributed by atoms with Crippen molar-refractivity contribution in [1.29, 1.82) is 0 Å². The predicted octanol–water partition coefficient (Wildman–Crippen LogP) is 4.71. The summed E-state index contributed by atoms with van der Waals surface area (Å²) < 4.78 is 14.2. The molecule has 0 aliphatic carbocycles. The first-order valence-corrected chi connectivity index (χ1v) is 8.93. The van der Waals surface area contributed by atoms with Crippen LogP contribution in [0.1, 0.15) is 49.8 Å². The van der Waals surface area contributed by atoms with E-state index in [1.807, 2.05) is 19.1 Å². The van der Waals surface area contributed by atoms with Gasteiger partial charge in [0.15, 0.2) is 0 Å². The van der Waals surface area contributed by atoms with Crippen LogP contribution >= 0.6 is 11.8 Å². The Morgan fingerprint density at radius 1 is 1.35 bits per heavy atom. The SMILES string of the molecule is CCCNC(CC1CCSCC1)c1cc(C)ccc1F. The highest BCUT2D eigenvalue weighted by Gasteiger charge is 2.22. The van der Waals surface area contributed by atoms with Gasteiger partial charge < -0.3 is 5.32 Å². The molecule has 1 fully saturated rings. The third-order valence-electron chi connectivity index (χ3n) is 4.08. The molecule has 0 bridgehead atoms. The summed E-state index contributed by atoms with van der Waals surface area (Å²) in [5.41, 5.74) is 2.00. The van der Waals surface area contributed by atoms with Gasteiger partial charge in [-0.3, -0.25) is 0 Å². The van der Waals surface area contributed by atoms with Crippen LogP contribution in [0.3, 0.4) is 0 Å². The summed E-state index contributed by atoms with van der Waals surface area (Å²) in [4.78, 5) is 0. The molecule has 1 N–H and O–H groups in total. The quantitative estimate of drug-likeness (QED) is 0.816. The second-order valence-corrected chi connectivity index (χ2v) is 7.05. The molecular weight excluding hydrogens is 269 g/mol. The smallest absolute Gasteiger partial charge is 0.127 e. The molecule has 1 aromatic rings. The van der Waals surface area contributed by atoms with E-state index < -0.39 is 0 Å². The van der Waals surface area contributed by atoms with Crippen LogP contribution in [0.2, 0.25) is 0 Å². The molecule has 0 amide bonds. The van der Waals surface area contributed by atoms with E-state index in [4.69, 9.17) is 0 Å². The van der Waals surface area contributed by atoms with Gasteiger partial charge >= 0.3 is 0 Å². The number of nitrogens with one attached hydrogen (secondary N) is 1. The van der Waals surface area contributed by atoms with E-state index in [0.717, 1.165) is 36.4 Å². The number of hydrogen-bond donors (Lipinski definition) is 1. The monoisotopic (exact) mass is 295 g/mol. The third kappa shape index (κ3) is 4.49. The van der Waals surface area contributed by atoms with Crippen LogP contribution in [0.4, 0.5) is 4.39 Å². The zero-order chi connectivity index (χ0) is 14.4. The number of rotatable bonds is 6. The summed E-state index contributed by atoms with van der Waals surface area (Å²) in [6, 6.07) is 5.65. The van der Waals surface area contributed by atoms with Crippen LogP contribution in [-0.4, -0.2) is 18.1 Å². The molecular formula is C17H26FNS. The van der Waals surface area contributed by atoms with E-state index >= 15 is 0 Å². The Bertz CT molecular complexity index is 415. The average Bonchev–Trinajstić information content (AvgIpc) is 2.47. The highest BCUT2D eigenvalue weighted by Crippen LogP contribution is 2.32. The Balaban J connectivity index is 2.10. The fraction of sp³-hybridized carbons (Fsp3) is 0.647. The molecule has 1 aliphatic rings. The van der Waals surface area contributed by atoms with Crippen molar-refractivity contribution in [3.8, 4) is 0 Å². The first-order valence-electron chi connectivity index (χ1n) is 7.78. The first-order chi connectivity index (χ1) is 9.70. The second kappa shape index (κ2) is 8.04. The highest BCUT2D eigenvalue weighted by atomic mass is 32.2. The van der Waals surface area contributed by atoms with Crippen LogP contribution in [0.15, 0.2) is 18.2 Å². The van der Waals surface area contributed by atoms with Gasteiger partial charge in [0.25, 0.3) is 0 Å². The minimum absolute atomic E-state index is 0.0608. The molecule has 20 heavy (non-hydrogen) atoms. The van der Waals surface area contributed by atoms with E-state index in [-0.39, 0.29) is 11.9 Å². The van der Waals surface area contributed by atoms with E-state index in [2.05, 4.69) is 24.0 Å². The van der Waals surface area contributed by atoms with E-state index in [9.17, 15) is 4.39 Å². The lowest BCUT2D eigenvalue weighted by atomic mass is 9.90. The molecule has 1 atom stereocenters. The zero-order valence-corrected chi connectivity index (χ0v) is 13.4. The lowest BCUT2D eigenvalue weighted by Gasteiger charge is -2.28. The maximum Gasteiger partial charge on any atom is 0.127 e. The summed E-state index contributed by atoms with van der Waals surface area (Å²) in [5.74, 6) is 3.21. The third-order valence-corrected chi connectivity index (χ3v) is 5.13. The molecule has 0 radical (unpaired) electrons. The van der Waals surface area contributed by atoms with Crippen LogP contribution in [0, 0.1) is 18.7 Å². The van der Waals surface area contributed by atoms with Crippen LogP contribution in [0.25, 0.3) is 0 Å². The van der Waals surface area contributed by atoms with Crippen LogP contribution < -0.4 is 5.32 Å². The molecule has 1 heterocycles. The molecule has 0 aromatic heterocycles. The summed E-state index contributed by atoms with van der Waals surface area (Å²) in [7, 11) is 0. The first kappa shape index (κ1) is 15.8. The van der Waals surface area contributed by atoms with E-state index in [0.29, 0.717) is 0 Å². The van der Waals surface area contributed by atoms with Gasteiger partial charge in [0.05, 0.1) is 0 Å². The summed E-state index contributed by atoms with van der Waals surface area (Å²) in [6.45, 7) is 5.16. The summed E-state index contributed by atoms with van der Waals surface area (Å²) in [6.07, 6.45) is 4.72. The molecule has 2 rings (SSSR count). The van der Waals surface area contributed by atoms with Gasteiger partial charge in [-0.15, -0.1) is 0 Å². The topological polar surface area (TPSA) is 12.0 Å². The van der Waals surface area contributed by atoms with Gasteiger partial charge in [-0.25, -0.2) is 4.39 Å². The lowest BCUT2D eigenvalue weighted by Crippen LogP contribution is -2.26. The van der Waals surface area contributed by atoms with Crippen LogP contribution in [0.5, 0.6) is 0 Å². The summed E-state index contributed by atoms with van der Waals surface area (Å²) in [5, 5.41) is 3.55. The van der Waals surface area contributed by atoms with Gasteiger partial charge in [0.2, 0.25) is 0 Å². The van der Waals surface area contributed by atoms with Crippen molar-refractivity contribution >= 4 is 11.8 Å². The largest absolute Gasteiger partial charge is 0.310 e. The van der Waals surface area contributed by atoms with Crippen molar-refractivity contribution in [1.82, 2.24) is 5.32 Å². The van der Waals surface area contributed by atoms with Crippen molar-refractivity contribution < 1.29 is 4.39 Å². The molecule has 0 saturated carbocycles. The standard InChI is InChI=1S/C17H26FNS/c1-3-8-19-17(12-14-6-9-20-10-7-14)15-11-13(2)4-5-16(15)18/h4-5,11,14,17,19H,3,6-10,12H2,1-2H3. The molecule has 1 unspecified atom stereocenters. The number of thioether (sulfide) groups is 1. The molecule has 1 nitrogen and oxygen atoms in total. The lowest BCUT2D eigenvalue weighted by molar-refractivity contribution is 0.363. The minimum Gasteiger partial charge on any atom is -0.310 e. The van der Waals surface area contributed by atoms with Crippen molar-refractivity contribution in [3.63, 3.8) is 0 Å². The van der Waals surface area contributed by atoms with Crippen molar-refractivity contribution in [2.75, 3.05) is 18.1 Å². The Morgan fingerprint density at radius 3 is 2.80 bits per heavy atom. The Hall–Kier alpha value is -0.540. The molecule has 112 valence electrons. The molecule has 1 aliphatic heterocycles. The van der Waals surface area contributed by atoms with Crippen LogP contribution in [-0.2, 0) is 0 Å². The fourth-order valence-corrected chi connectivity index (χ4v) is 4.09. The van der Waals surface area contributed by atoms with Gasteiger partial charge in [0.1, 0.15) is 5.82 Å². The number of aryl methyl sites for hydroxylation is 1. The molecule has 1 aromatic carbocycles. The van der Waals surface area contributed by atoms with Crippen molar-refractivity contribution in [3.05, 3.63) is 35.1 Å². The van der Waals surface area contributed by atoms with Gasteiger partial charge in [-0.2, -0.15) is 11.8 Å². The maximum absolute atomic E-state index is 14.2. The van der Waals surface area contributed by atoms with Gasteiger partial charge in [-0.1, -0.05) is 24.6 Å². The second-order valence-electron chi connectivity index (χ2n) is 5.82. The Kier molecular flexibility index (Phi) is 6.37. The maximum atomic E-state index is 14.2. The number of benzene rings is 1. The van der Waals surface area contributed by atoms with E-state index in [1.165, 1.54) is 24.3 Å². The molecule has 3 heteroatoms. The molecule has 1 saturated heterocycles. The Morgan fingerprint density at radius 2 is 2.10 bits per heavy atom. The van der Waals surface area contributed by atoms with Gasteiger partial charge in [0, 0.05) is 11.6 Å². The predicted molar refractivity (Wildman–Crippen MR) is 86.8 cm³/mol.